The summed E-state index contributed by atoms with van der Waals surface area (Å²) in [5.41, 5.74) is 0.502. The number of phenols is 1. The van der Waals surface area contributed by atoms with Crippen LogP contribution in [0.4, 0.5) is 11.4 Å². The fourth-order valence-corrected chi connectivity index (χ4v) is 4.43. The van der Waals surface area contributed by atoms with Gasteiger partial charge in [0.15, 0.2) is 0 Å². The van der Waals surface area contributed by atoms with E-state index in [1.807, 2.05) is 0 Å². The molecule has 0 unspecified atom stereocenters. The lowest BCUT2D eigenvalue weighted by Crippen LogP contribution is -2.36. The second-order valence-corrected chi connectivity index (χ2v) is 8.42. The van der Waals surface area contributed by atoms with Crippen LogP contribution in [0.1, 0.15) is 37.7 Å². The number of nitrogens with one attached hydrogen (secondary N) is 1. The third-order valence-corrected chi connectivity index (χ3v) is 6.19. The van der Waals surface area contributed by atoms with Crippen LogP contribution < -0.4 is 4.72 Å². The lowest BCUT2D eigenvalue weighted by atomic mass is 9.96. The Balaban J connectivity index is 1.73. The van der Waals surface area contributed by atoms with E-state index in [0.717, 1.165) is 32.1 Å². The van der Waals surface area contributed by atoms with Crippen molar-refractivity contribution in [3.05, 3.63) is 58.1 Å². The second-order valence-electron chi connectivity index (χ2n) is 6.71. The Morgan fingerprint density at radius 2 is 1.79 bits per heavy atom. The van der Waals surface area contributed by atoms with Crippen LogP contribution in [0.5, 0.6) is 5.75 Å². The number of nitrogens with zero attached hydrogens (tertiary/aromatic N) is 2. The molecule has 1 aliphatic rings. The van der Waals surface area contributed by atoms with E-state index in [-0.39, 0.29) is 27.9 Å². The summed E-state index contributed by atoms with van der Waals surface area (Å²) in [6.07, 6.45) is 6.22. The van der Waals surface area contributed by atoms with Crippen molar-refractivity contribution in [1.82, 2.24) is 4.72 Å². The first-order chi connectivity index (χ1) is 13.3. The predicted octanol–water partition coefficient (Wildman–Crippen LogP) is 3.66. The number of nitro benzene ring substituents is 1. The SMILES string of the molecule is O=[N+]([O-])c1ccc(O)c(C=Nc2ccc(S(=O)(=O)NC3CCCCC3)cc2)c1. The van der Waals surface area contributed by atoms with E-state index in [4.69, 9.17) is 0 Å². The van der Waals surface area contributed by atoms with Gasteiger partial charge in [-0.05, 0) is 43.2 Å². The third-order valence-electron chi connectivity index (χ3n) is 4.65. The van der Waals surface area contributed by atoms with Crippen LogP contribution in [0.25, 0.3) is 0 Å². The summed E-state index contributed by atoms with van der Waals surface area (Å²) in [7, 11) is -3.58. The smallest absolute Gasteiger partial charge is 0.270 e. The Hall–Kier alpha value is -2.78. The average Bonchev–Trinajstić information content (AvgIpc) is 2.68. The summed E-state index contributed by atoms with van der Waals surface area (Å²) in [5, 5.41) is 20.6. The molecule has 0 saturated heterocycles. The summed E-state index contributed by atoms with van der Waals surface area (Å²) >= 11 is 0. The van der Waals surface area contributed by atoms with Crippen molar-refractivity contribution in [2.24, 2.45) is 4.99 Å². The molecule has 28 heavy (non-hydrogen) atoms. The number of benzene rings is 2. The number of sulfonamides is 1. The highest BCUT2D eigenvalue weighted by Crippen LogP contribution is 2.24. The molecular formula is C19H21N3O5S. The van der Waals surface area contributed by atoms with Crippen LogP contribution in [-0.2, 0) is 10.0 Å². The van der Waals surface area contributed by atoms with Crippen molar-refractivity contribution in [3.63, 3.8) is 0 Å². The van der Waals surface area contributed by atoms with Gasteiger partial charge in [0, 0.05) is 30.0 Å². The maximum atomic E-state index is 12.5. The van der Waals surface area contributed by atoms with E-state index in [1.54, 1.807) is 12.1 Å². The van der Waals surface area contributed by atoms with Gasteiger partial charge in [-0.2, -0.15) is 0 Å². The topological polar surface area (TPSA) is 122 Å². The second kappa shape index (κ2) is 8.49. The molecule has 0 aromatic heterocycles. The predicted molar refractivity (Wildman–Crippen MR) is 106 cm³/mol. The van der Waals surface area contributed by atoms with Gasteiger partial charge in [-0.15, -0.1) is 0 Å². The highest BCUT2D eigenvalue weighted by molar-refractivity contribution is 7.89. The van der Waals surface area contributed by atoms with Crippen molar-refractivity contribution < 1.29 is 18.4 Å². The van der Waals surface area contributed by atoms with Gasteiger partial charge < -0.3 is 5.11 Å². The van der Waals surface area contributed by atoms with E-state index in [9.17, 15) is 23.6 Å². The minimum atomic E-state index is -3.58. The van der Waals surface area contributed by atoms with Crippen molar-refractivity contribution in [2.45, 2.75) is 43.0 Å². The molecule has 9 heteroatoms. The molecule has 1 aliphatic carbocycles. The zero-order valence-electron chi connectivity index (χ0n) is 15.1. The summed E-state index contributed by atoms with van der Waals surface area (Å²) in [5.74, 6) is -0.134. The van der Waals surface area contributed by atoms with Gasteiger partial charge >= 0.3 is 0 Å². The molecule has 0 radical (unpaired) electrons. The van der Waals surface area contributed by atoms with Gasteiger partial charge in [0.25, 0.3) is 5.69 Å². The number of aliphatic imine (C=N–C) groups is 1. The summed E-state index contributed by atoms with van der Waals surface area (Å²) in [6, 6.07) is 9.63. The van der Waals surface area contributed by atoms with Crippen LogP contribution in [0.3, 0.4) is 0 Å². The molecule has 148 valence electrons. The maximum Gasteiger partial charge on any atom is 0.270 e. The minimum Gasteiger partial charge on any atom is -0.507 e. The van der Waals surface area contributed by atoms with E-state index < -0.39 is 14.9 Å². The molecule has 1 saturated carbocycles. The first-order valence-electron chi connectivity index (χ1n) is 8.99. The molecule has 1 fully saturated rings. The number of non-ortho nitro benzene ring substituents is 1. The lowest BCUT2D eigenvalue weighted by molar-refractivity contribution is -0.384. The fourth-order valence-electron chi connectivity index (χ4n) is 3.12. The molecular weight excluding hydrogens is 382 g/mol. The number of aromatic hydroxyl groups is 1. The first kappa shape index (κ1) is 20.0. The van der Waals surface area contributed by atoms with Gasteiger partial charge in [0.05, 0.1) is 15.5 Å². The van der Waals surface area contributed by atoms with E-state index in [2.05, 4.69) is 9.71 Å². The number of hydrogen-bond donors (Lipinski definition) is 2. The Bertz CT molecular complexity index is 981. The summed E-state index contributed by atoms with van der Waals surface area (Å²) < 4.78 is 27.7. The van der Waals surface area contributed by atoms with E-state index >= 15 is 0 Å². The van der Waals surface area contributed by atoms with E-state index in [0.29, 0.717) is 5.69 Å². The van der Waals surface area contributed by atoms with Gasteiger partial charge in [-0.1, -0.05) is 19.3 Å². The number of phenolic OH excluding ortho intramolecular Hbond substituents is 1. The molecule has 0 aliphatic heterocycles. The van der Waals surface area contributed by atoms with Gasteiger partial charge in [-0.3, -0.25) is 15.1 Å². The Labute approximate surface area is 163 Å². The fraction of sp³-hybridized carbons (Fsp3) is 0.316. The molecule has 0 spiro atoms. The number of rotatable bonds is 6. The quantitative estimate of drug-likeness (QED) is 0.433. The summed E-state index contributed by atoms with van der Waals surface area (Å²) in [6.45, 7) is 0. The zero-order chi connectivity index (χ0) is 20.1. The van der Waals surface area contributed by atoms with Gasteiger partial charge in [0.2, 0.25) is 10.0 Å². The van der Waals surface area contributed by atoms with Crippen molar-refractivity contribution in [1.29, 1.82) is 0 Å². The summed E-state index contributed by atoms with van der Waals surface area (Å²) in [4.78, 5) is 14.6. The van der Waals surface area contributed by atoms with Crippen LogP contribution in [-0.4, -0.2) is 30.7 Å². The standard InChI is InChI=1S/C19H21N3O5S/c23-19-11-8-17(22(24)25)12-14(19)13-20-15-6-9-18(10-7-15)28(26,27)21-16-4-2-1-3-5-16/h6-13,16,21,23H,1-5H2. The van der Waals surface area contributed by atoms with Gasteiger partial charge in [-0.25, -0.2) is 13.1 Å². The average molecular weight is 403 g/mol. The Kier molecular flexibility index (Phi) is 6.05. The Morgan fingerprint density at radius 1 is 1.11 bits per heavy atom. The Morgan fingerprint density at radius 3 is 2.43 bits per heavy atom. The third kappa shape index (κ3) is 4.93. The van der Waals surface area contributed by atoms with Crippen molar-refractivity contribution in [2.75, 3.05) is 0 Å². The molecule has 0 bridgehead atoms. The highest BCUT2D eigenvalue weighted by atomic mass is 32.2. The first-order valence-corrected chi connectivity index (χ1v) is 10.5. The van der Waals surface area contributed by atoms with Gasteiger partial charge in [0.1, 0.15) is 5.75 Å². The maximum absolute atomic E-state index is 12.5. The largest absolute Gasteiger partial charge is 0.507 e. The van der Waals surface area contributed by atoms with Crippen molar-refractivity contribution >= 4 is 27.6 Å². The monoisotopic (exact) mass is 403 g/mol. The van der Waals surface area contributed by atoms with Crippen LogP contribution in [0.2, 0.25) is 0 Å². The lowest BCUT2D eigenvalue weighted by Gasteiger charge is -2.22. The molecule has 2 N–H and O–H groups in total. The molecule has 0 atom stereocenters. The van der Waals surface area contributed by atoms with Crippen LogP contribution >= 0.6 is 0 Å². The molecule has 0 amide bonds. The molecule has 2 aromatic rings. The normalized spacial score (nSPS) is 15.7. The van der Waals surface area contributed by atoms with E-state index in [1.165, 1.54) is 36.5 Å². The molecule has 2 aromatic carbocycles. The molecule has 8 nitrogen and oxygen atoms in total. The number of hydrogen-bond acceptors (Lipinski definition) is 6. The molecule has 3 rings (SSSR count). The highest BCUT2D eigenvalue weighted by Gasteiger charge is 2.21. The van der Waals surface area contributed by atoms with Crippen LogP contribution in [0, 0.1) is 10.1 Å². The van der Waals surface area contributed by atoms with Crippen molar-refractivity contribution in [3.8, 4) is 5.75 Å². The minimum absolute atomic E-state index is 0.0201. The number of nitro groups is 1. The molecule has 0 heterocycles. The zero-order valence-corrected chi connectivity index (χ0v) is 15.9. The van der Waals surface area contributed by atoms with Crippen LogP contribution in [0.15, 0.2) is 52.4 Å².